The first kappa shape index (κ1) is 14.2. The molecule has 2 N–H and O–H groups in total. The molecule has 1 rings (SSSR count). The number of H-pyrrole nitrogens is 1. The number of carbonyl (C=O) groups is 1. The van der Waals surface area contributed by atoms with Crippen LogP contribution in [0.2, 0.25) is 0 Å². The summed E-state index contributed by atoms with van der Waals surface area (Å²) in [5.41, 5.74) is -3.34. The summed E-state index contributed by atoms with van der Waals surface area (Å²) >= 11 is 0. The van der Waals surface area contributed by atoms with Gasteiger partial charge < -0.3 is 10.1 Å². The van der Waals surface area contributed by atoms with Crippen molar-refractivity contribution >= 4 is 5.97 Å². The van der Waals surface area contributed by atoms with Gasteiger partial charge in [-0.2, -0.15) is 13.2 Å². The number of halogens is 3. The highest BCUT2D eigenvalue weighted by Crippen LogP contribution is 2.33. The lowest BCUT2D eigenvalue weighted by Gasteiger charge is -2.15. The van der Waals surface area contributed by atoms with Crippen molar-refractivity contribution in [1.29, 1.82) is 0 Å². The van der Waals surface area contributed by atoms with Crippen molar-refractivity contribution in [2.24, 2.45) is 0 Å². The maximum absolute atomic E-state index is 12.8. The van der Waals surface area contributed by atoms with Crippen molar-refractivity contribution < 1.29 is 23.1 Å². The third kappa shape index (κ3) is 2.69. The number of hydrogen-bond acceptors (Lipinski definition) is 3. The molecule has 0 aromatic carbocycles. The van der Waals surface area contributed by atoms with Crippen molar-refractivity contribution in [3.63, 3.8) is 0 Å². The second-order valence-corrected chi connectivity index (χ2v) is 3.71. The average molecular weight is 264 g/mol. The number of nitrogens with zero attached hydrogens (tertiary/aromatic N) is 1. The molecular weight excluding hydrogens is 253 g/mol. The van der Waals surface area contributed by atoms with Crippen LogP contribution in [-0.4, -0.2) is 21.0 Å². The van der Waals surface area contributed by atoms with Crippen molar-refractivity contribution in [1.82, 2.24) is 9.97 Å². The van der Waals surface area contributed by atoms with Gasteiger partial charge in [-0.05, 0) is 13.3 Å². The summed E-state index contributed by atoms with van der Waals surface area (Å²) in [4.78, 5) is 27.8. The standard InChI is InChI=1S/C10H11F3N2O3/c1-3-5(9(17)18)6-7(10(11,12)13)14-4(2)15-8(6)16/h5H,3H2,1-2H3,(H,17,18)(H,14,15,16). The summed E-state index contributed by atoms with van der Waals surface area (Å²) < 4.78 is 38.3. The van der Waals surface area contributed by atoms with E-state index in [2.05, 4.69) is 9.97 Å². The minimum absolute atomic E-state index is 0.133. The minimum atomic E-state index is -4.86. The van der Waals surface area contributed by atoms with Gasteiger partial charge in [-0.3, -0.25) is 9.59 Å². The van der Waals surface area contributed by atoms with Crippen molar-refractivity contribution in [2.75, 3.05) is 0 Å². The van der Waals surface area contributed by atoms with Crippen molar-refractivity contribution in [3.05, 3.63) is 27.4 Å². The highest BCUT2D eigenvalue weighted by atomic mass is 19.4. The zero-order valence-electron chi connectivity index (χ0n) is 9.63. The van der Waals surface area contributed by atoms with Crippen LogP contribution in [0.4, 0.5) is 13.2 Å². The quantitative estimate of drug-likeness (QED) is 0.870. The fraction of sp³-hybridized carbons (Fsp3) is 0.500. The zero-order chi connectivity index (χ0) is 14.1. The van der Waals surface area contributed by atoms with E-state index in [0.29, 0.717) is 0 Å². The normalized spacial score (nSPS) is 13.4. The molecular formula is C10H11F3N2O3. The number of aromatic amines is 1. The molecule has 0 saturated heterocycles. The van der Waals surface area contributed by atoms with E-state index < -0.39 is 34.9 Å². The first-order valence-corrected chi connectivity index (χ1v) is 5.09. The number of aromatic nitrogens is 2. The Morgan fingerprint density at radius 3 is 2.44 bits per heavy atom. The van der Waals surface area contributed by atoms with Crippen LogP contribution in [0.3, 0.4) is 0 Å². The molecule has 0 aliphatic carbocycles. The Labute approximate surface area is 99.7 Å². The molecule has 1 unspecified atom stereocenters. The molecule has 0 bridgehead atoms. The van der Waals surface area contributed by atoms with E-state index in [4.69, 9.17) is 5.11 Å². The van der Waals surface area contributed by atoms with Crippen LogP contribution in [0.25, 0.3) is 0 Å². The van der Waals surface area contributed by atoms with E-state index in [-0.39, 0.29) is 12.2 Å². The Balaban J connectivity index is 3.60. The third-order valence-electron chi connectivity index (χ3n) is 2.40. The minimum Gasteiger partial charge on any atom is -0.481 e. The van der Waals surface area contributed by atoms with Crippen LogP contribution in [0.1, 0.15) is 36.3 Å². The molecule has 0 amide bonds. The summed E-state index contributed by atoms with van der Waals surface area (Å²) in [5.74, 6) is -3.23. The Hall–Kier alpha value is -1.86. The van der Waals surface area contributed by atoms with E-state index in [1.54, 1.807) is 0 Å². The third-order valence-corrected chi connectivity index (χ3v) is 2.40. The SMILES string of the molecule is CCC(C(=O)O)c1c(C(F)(F)F)nc(C)[nH]c1=O. The molecule has 0 saturated carbocycles. The second-order valence-electron chi connectivity index (χ2n) is 3.71. The lowest BCUT2D eigenvalue weighted by Crippen LogP contribution is -2.29. The van der Waals surface area contributed by atoms with Gasteiger partial charge in [0.2, 0.25) is 0 Å². The molecule has 5 nitrogen and oxygen atoms in total. The molecule has 0 aliphatic heterocycles. The number of hydrogen-bond donors (Lipinski definition) is 2. The van der Waals surface area contributed by atoms with Crippen LogP contribution in [-0.2, 0) is 11.0 Å². The molecule has 0 spiro atoms. The number of alkyl halides is 3. The van der Waals surface area contributed by atoms with Gasteiger partial charge >= 0.3 is 12.1 Å². The molecule has 100 valence electrons. The Bertz CT molecular complexity index is 522. The van der Waals surface area contributed by atoms with E-state index in [1.807, 2.05) is 0 Å². The number of nitrogens with one attached hydrogen (secondary N) is 1. The Morgan fingerprint density at radius 2 is 2.06 bits per heavy atom. The molecule has 1 atom stereocenters. The van der Waals surface area contributed by atoms with Gasteiger partial charge in [0, 0.05) is 0 Å². The first-order valence-electron chi connectivity index (χ1n) is 5.09. The topological polar surface area (TPSA) is 83.0 Å². The van der Waals surface area contributed by atoms with Gasteiger partial charge in [0.25, 0.3) is 5.56 Å². The van der Waals surface area contributed by atoms with Crippen molar-refractivity contribution in [2.45, 2.75) is 32.4 Å². The number of aryl methyl sites for hydroxylation is 1. The summed E-state index contributed by atoms with van der Waals surface area (Å²) in [5, 5.41) is 8.86. The van der Waals surface area contributed by atoms with Gasteiger partial charge in [0.15, 0.2) is 5.69 Å². The maximum Gasteiger partial charge on any atom is 0.433 e. The highest BCUT2D eigenvalue weighted by molar-refractivity contribution is 5.76. The van der Waals surface area contributed by atoms with E-state index >= 15 is 0 Å². The van der Waals surface area contributed by atoms with Gasteiger partial charge in [-0.25, -0.2) is 4.98 Å². The van der Waals surface area contributed by atoms with Crippen LogP contribution >= 0.6 is 0 Å². The molecule has 0 radical (unpaired) electrons. The molecule has 18 heavy (non-hydrogen) atoms. The highest BCUT2D eigenvalue weighted by Gasteiger charge is 2.40. The lowest BCUT2D eigenvalue weighted by molar-refractivity contribution is -0.144. The molecule has 1 heterocycles. The van der Waals surface area contributed by atoms with E-state index in [1.165, 1.54) is 13.8 Å². The zero-order valence-corrected chi connectivity index (χ0v) is 9.63. The average Bonchev–Trinajstić information content (AvgIpc) is 2.19. The predicted molar refractivity (Wildman–Crippen MR) is 55.3 cm³/mol. The number of carboxylic acids is 1. The smallest absolute Gasteiger partial charge is 0.433 e. The molecule has 1 aromatic rings. The summed E-state index contributed by atoms with van der Waals surface area (Å²) in [6.07, 6.45) is -5.00. The molecule has 1 aromatic heterocycles. The van der Waals surface area contributed by atoms with Crippen LogP contribution < -0.4 is 5.56 Å². The summed E-state index contributed by atoms with van der Waals surface area (Å²) in [6.45, 7) is 2.58. The van der Waals surface area contributed by atoms with Gasteiger partial charge in [-0.1, -0.05) is 6.92 Å². The van der Waals surface area contributed by atoms with Crippen molar-refractivity contribution in [3.8, 4) is 0 Å². The maximum atomic E-state index is 12.8. The van der Waals surface area contributed by atoms with E-state index in [0.717, 1.165) is 0 Å². The second kappa shape index (κ2) is 4.79. The molecule has 8 heteroatoms. The summed E-state index contributed by atoms with van der Waals surface area (Å²) in [6, 6.07) is 0. The van der Waals surface area contributed by atoms with Crippen LogP contribution in [0.5, 0.6) is 0 Å². The lowest BCUT2D eigenvalue weighted by atomic mass is 9.96. The van der Waals surface area contributed by atoms with Crippen LogP contribution in [0, 0.1) is 6.92 Å². The largest absolute Gasteiger partial charge is 0.481 e. The Kier molecular flexibility index (Phi) is 3.78. The van der Waals surface area contributed by atoms with E-state index in [9.17, 15) is 22.8 Å². The molecule has 0 aliphatic rings. The number of rotatable bonds is 3. The van der Waals surface area contributed by atoms with Gasteiger partial charge in [0.1, 0.15) is 5.82 Å². The summed E-state index contributed by atoms with van der Waals surface area (Å²) in [7, 11) is 0. The van der Waals surface area contributed by atoms with Crippen LogP contribution in [0.15, 0.2) is 4.79 Å². The predicted octanol–water partition coefficient (Wildman–Crippen LogP) is 1.68. The fourth-order valence-corrected chi connectivity index (χ4v) is 1.64. The molecule has 0 fully saturated rings. The number of aliphatic carboxylic acids is 1. The fourth-order valence-electron chi connectivity index (χ4n) is 1.64. The van der Waals surface area contributed by atoms with Gasteiger partial charge in [0.05, 0.1) is 11.5 Å². The first-order chi connectivity index (χ1) is 8.18. The van der Waals surface area contributed by atoms with Gasteiger partial charge in [-0.15, -0.1) is 0 Å². The Morgan fingerprint density at radius 1 is 1.50 bits per heavy atom. The number of carboxylic acid groups (broad SMARTS) is 1. The monoisotopic (exact) mass is 264 g/mol.